The zero-order valence-corrected chi connectivity index (χ0v) is 19.8. The Kier molecular flexibility index (Phi) is 11.1. The Morgan fingerprint density at radius 1 is 0.559 bits per heavy atom. The summed E-state index contributed by atoms with van der Waals surface area (Å²) in [4.78, 5) is 9.00. The van der Waals surface area contributed by atoms with Gasteiger partial charge in [0.25, 0.3) is 5.97 Å². The topological polar surface area (TPSA) is 67.8 Å². The standard InChI is InChI=1S/2C13H14N2.C2H4O2/c2*1-15(13-10-6-3-7-11-13)14-12-8-4-2-5-9-12;1-2(3)4/h2*2-11,14H,1H3;1H3,(H,3,4). The first-order chi connectivity index (χ1) is 16.5. The molecular formula is C28H32N4O2. The number of hydrogen-bond acceptors (Lipinski definition) is 5. The van der Waals surface area contributed by atoms with E-state index in [-0.39, 0.29) is 0 Å². The van der Waals surface area contributed by atoms with Crippen LogP contribution in [0.5, 0.6) is 0 Å². The molecule has 4 aromatic carbocycles. The van der Waals surface area contributed by atoms with E-state index in [2.05, 4.69) is 35.1 Å². The van der Waals surface area contributed by atoms with Gasteiger partial charge in [0.2, 0.25) is 0 Å². The molecule has 0 atom stereocenters. The van der Waals surface area contributed by atoms with Crippen LogP contribution >= 0.6 is 0 Å². The van der Waals surface area contributed by atoms with E-state index in [4.69, 9.17) is 9.90 Å². The van der Waals surface area contributed by atoms with E-state index in [1.54, 1.807) is 0 Å². The Labute approximate surface area is 202 Å². The molecule has 4 aromatic rings. The lowest BCUT2D eigenvalue weighted by Crippen LogP contribution is -2.24. The summed E-state index contributed by atoms with van der Waals surface area (Å²) in [5.41, 5.74) is 11.0. The van der Waals surface area contributed by atoms with Crippen LogP contribution in [0, 0.1) is 0 Å². The Morgan fingerprint density at radius 2 is 0.794 bits per heavy atom. The van der Waals surface area contributed by atoms with Crippen molar-refractivity contribution >= 4 is 28.7 Å². The number of carboxylic acid groups (broad SMARTS) is 1. The molecular weight excluding hydrogens is 424 g/mol. The number of hydrazine groups is 2. The van der Waals surface area contributed by atoms with Crippen LogP contribution in [0.4, 0.5) is 22.7 Å². The van der Waals surface area contributed by atoms with Crippen molar-refractivity contribution in [3.8, 4) is 0 Å². The highest BCUT2D eigenvalue weighted by molar-refractivity contribution is 5.63. The molecule has 176 valence electrons. The fourth-order valence-electron chi connectivity index (χ4n) is 2.84. The van der Waals surface area contributed by atoms with Gasteiger partial charge < -0.3 is 5.11 Å². The predicted molar refractivity (Wildman–Crippen MR) is 143 cm³/mol. The van der Waals surface area contributed by atoms with E-state index in [1.165, 1.54) is 0 Å². The SMILES string of the molecule is CC(=O)O.CN(Nc1ccccc1)c1ccccc1.CN(Nc1ccccc1)c1ccccc1. The second kappa shape index (κ2) is 14.6. The molecule has 0 aliphatic heterocycles. The monoisotopic (exact) mass is 456 g/mol. The summed E-state index contributed by atoms with van der Waals surface area (Å²) in [6.07, 6.45) is 0. The quantitative estimate of drug-likeness (QED) is 0.292. The number of carboxylic acids is 1. The highest BCUT2D eigenvalue weighted by Gasteiger charge is 1.99. The van der Waals surface area contributed by atoms with Crippen molar-refractivity contribution in [1.82, 2.24) is 0 Å². The minimum Gasteiger partial charge on any atom is -0.481 e. The molecule has 0 radical (unpaired) electrons. The molecule has 0 spiro atoms. The van der Waals surface area contributed by atoms with Gasteiger partial charge in [-0.2, -0.15) is 0 Å². The van der Waals surface area contributed by atoms with Crippen LogP contribution in [0.25, 0.3) is 0 Å². The van der Waals surface area contributed by atoms with Crippen molar-refractivity contribution in [2.75, 3.05) is 35.0 Å². The molecule has 0 saturated carbocycles. The lowest BCUT2D eigenvalue weighted by molar-refractivity contribution is -0.134. The van der Waals surface area contributed by atoms with Crippen LogP contribution in [0.1, 0.15) is 6.92 Å². The summed E-state index contributed by atoms with van der Waals surface area (Å²) < 4.78 is 0. The van der Waals surface area contributed by atoms with Gasteiger partial charge in [-0.25, -0.2) is 0 Å². The third kappa shape index (κ3) is 10.2. The maximum absolute atomic E-state index is 9.00. The van der Waals surface area contributed by atoms with Crippen molar-refractivity contribution in [2.24, 2.45) is 0 Å². The molecule has 0 fully saturated rings. The van der Waals surface area contributed by atoms with Gasteiger partial charge in [-0.05, 0) is 48.5 Å². The average molecular weight is 457 g/mol. The predicted octanol–water partition coefficient (Wildman–Crippen LogP) is 6.39. The third-order valence-corrected chi connectivity index (χ3v) is 4.43. The summed E-state index contributed by atoms with van der Waals surface area (Å²) >= 11 is 0. The number of carbonyl (C=O) groups is 1. The van der Waals surface area contributed by atoms with Gasteiger partial charge in [0.05, 0.1) is 22.7 Å². The first-order valence-electron chi connectivity index (χ1n) is 10.9. The second-order valence-corrected chi connectivity index (χ2v) is 7.26. The molecule has 0 amide bonds. The smallest absolute Gasteiger partial charge is 0.300 e. The van der Waals surface area contributed by atoms with E-state index in [0.717, 1.165) is 29.7 Å². The van der Waals surface area contributed by atoms with Crippen LogP contribution in [0.3, 0.4) is 0 Å². The summed E-state index contributed by atoms with van der Waals surface area (Å²) in [5.74, 6) is -0.833. The summed E-state index contributed by atoms with van der Waals surface area (Å²) in [7, 11) is 4.00. The molecule has 0 unspecified atom stereocenters. The normalized spacial score (nSPS) is 9.26. The van der Waals surface area contributed by atoms with Crippen LogP contribution in [-0.2, 0) is 4.79 Å². The Balaban J connectivity index is 0.000000208. The molecule has 0 heterocycles. The minimum absolute atomic E-state index is 0.833. The fraction of sp³-hybridized carbons (Fsp3) is 0.107. The highest BCUT2D eigenvalue weighted by Crippen LogP contribution is 2.14. The summed E-state index contributed by atoms with van der Waals surface area (Å²) in [6, 6.07) is 40.6. The van der Waals surface area contributed by atoms with Crippen LogP contribution in [0.2, 0.25) is 0 Å². The van der Waals surface area contributed by atoms with Gasteiger partial charge in [-0.15, -0.1) is 0 Å². The van der Waals surface area contributed by atoms with E-state index < -0.39 is 5.97 Å². The van der Waals surface area contributed by atoms with E-state index >= 15 is 0 Å². The van der Waals surface area contributed by atoms with Crippen molar-refractivity contribution in [3.63, 3.8) is 0 Å². The first-order valence-corrected chi connectivity index (χ1v) is 10.9. The zero-order valence-electron chi connectivity index (χ0n) is 19.8. The number of benzene rings is 4. The number of hydrogen-bond donors (Lipinski definition) is 3. The minimum atomic E-state index is -0.833. The Morgan fingerprint density at radius 3 is 1.06 bits per heavy atom. The highest BCUT2D eigenvalue weighted by atomic mass is 16.4. The lowest BCUT2D eigenvalue weighted by Gasteiger charge is -2.21. The number of anilines is 4. The molecule has 0 bridgehead atoms. The van der Waals surface area contributed by atoms with Crippen molar-refractivity contribution < 1.29 is 9.90 Å². The van der Waals surface area contributed by atoms with E-state index in [9.17, 15) is 0 Å². The Bertz CT molecular complexity index is 976. The van der Waals surface area contributed by atoms with E-state index in [1.807, 2.05) is 121 Å². The van der Waals surface area contributed by atoms with Gasteiger partial charge in [0, 0.05) is 21.0 Å². The molecule has 0 aliphatic rings. The lowest BCUT2D eigenvalue weighted by atomic mass is 10.3. The largest absolute Gasteiger partial charge is 0.481 e. The number of aliphatic carboxylic acids is 1. The van der Waals surface area contributed by atoms with Gasteiger partial charge in [0.15, 0.2) is 0 Å². The second-order valence-electron chi connectivity index (χ2n) is 7.26. The van der Waals surface area contributed by atoms with Gasteiger partial charge in [0.1, 0.15) is 0 Å². The number of rotatable bonds is 6. The maximum Gasteiger partial charge on any atom is 0.300 e. The number of nitrogens with one attached hydrogen (secondary N) is 2. The summed E-state index contributed by atoms with van der Waals surface area (Å²) in [6.45, 7) is 1.08. The average Bonchev–Trinajstić information content (AvgIpc) is 2.86. The van der Waals surface area contributed by atoms with Crippen molar-refractivity contribution in [3.05, 3.63) is 121 Å². The molecule has 6 heteroatoms. The molecule has 0 aliphatic carbocycles. The molecule has 4 rings (SSSR count). The van der Waals surface area contributed by atoms with Crippen LogP contribution < -0.4 is 20.9 Å². The van der Waals surface area contributed by atoms with Gasteiger partial charge in [-0.1, -0.05) is 72.8 Å². The maximum atomic E-state index is 9.00. The van der Waals surface area contributed by atoms with Crippen LogP contribution in [-0.4, -0.2) is 25.2 Å². The molecule has 6 nitrogen and oxygen atoms in total. The number of para-hydroxylation sites is 4. The van der Waals surface area contributed by atoms with E-state index in [0.29, 0.717) is 0 Å². The van der Waals surface area contributed by atoms with Crippen molar-refractivity contribution in [1.29, 1.82) is 0 Å². The Hall–Kier alpha value is -4.45. The van der Waals surface area contributed by atoms with Gasteiger partial charge in [-0.3, -0.25) is 25.7 Å². The zero-order chi connectivity index (χ0) is 24.6. The first kappa shape index (κ1) is 25.8. The molecule has 34 heavy (non-hydrogen) atoms. The van der Waals surface area contributed by atoms with Gasteiger partial charge >= 0.3 is 0 Å². The third-order valence-electron chi connectivity index (χ3n) is 4.43. The molecule has 3 N–H and O–H groups in total. The molecule has 0 aromatic heterocycles. The fourth-order valence-corrected chi connectivity index (χ4v) is 2.84. The van der Waals surface area contributed by atoms with Crippen molar-refractivity contribution in [2.45, 2.75) is 6.92 Å². The molecule has 0 saturated heterocycles. The summed E-state index contributed by atoms with van der Waals surface area (Å²) in [5, 5.41) is 11.4. The van der Waals surface area contributed by atoms with Crippen LogP contribution in [0.15, 0.2) is 121 Å². The number of nitrogens with zero attached hydrogens (tertiary/aromatic N) is 2.